The van der Waals surface area contributed by atoms with E-state index in [0.717, 1.165) is 42.4 Å². The summed E-state index contributed by atoms with van der Waals surface area (Å²) >= 11 is 0. The minimum Gasteiger partial charge on any atom is -0.478 e. The van der Waals surface area contributed by atoms with Crippen LogP contribution in [0.25, 0.3) is 5.57 Å². The van der Waals surface area contributed by atoms with Gasteiger partial charge in [0, 0.05) is 17.7 Å². The second-order valence-electron chi connectivity index (χ2n) is 5.23. The quantitative estimate of drug-likeness (QED) is 0.825. The average Bonchev–Trinajstić information content (AvgIpc) is 2.53. The molecule has 1 aliphatic heterocycles. The fourth-order valence-electron chi connectivity index (χ4n) is 3.04. The van der Waals surface area contributed by atoms with Gasteiger partial charge in [-0.25, -0.2) is 0 Å². The fraction of sp³-hybridized carbons (Fsp3) is 0.438. The number of fused-ring (bicyclic) bond motifs is 2. The number of rotatable bonds is 4. The van der Waals surface area contributed by atoms with Gasteiger partial charge in [0.2, 0.25) is 6.29 Å². The minimum atomic E-state index is -0.931. The van der Waals surface area contributed by atoms with Crippen molar-refractivity contribution in [2.75, 3.05) is 13.3 Å². The van der Waals surface area contributed by atoms with Crippen LogP contribution in [0.3, 0.4) is 0 Å². The van der Waals surface area contributed by atoms with Gasteiger partial charge in [-0.3, -0.25) is 5.73 Å². The average molecular weight is 302 g/mol. The molecule has 0 amide bonds. The predicted octanol–water partition coefficient (Wildman–Crippen LogP) is 1.92. The first-order chi connectivity index (χ1) is 10.7. The topological polar surface area (TPSA) is 97.7 Å². The standard InChI is InChI=1S/C16H18N2O4/c17-5-6-20-13-7-10(21-9-18)8-14-15(13)11-3-1-2-4-12(11)16(19)22-14/h7-8,16,19H,1-4,6,9,18H2. The van der Waals surface area contributed by atoms with Gasteiger partial charge in [0.25, 0.3) is 0 Å². The zero-order valence-corrected chi connectivity index (χ0v) is 12.2. The molecule has 0 aromatic heterocycles. The summed E-state index contributed by atoms with van der Waals surface area (Å²) in [5.41, 5.74) is 8.20. The third-order valence-electron chi connectivity index (χ3n) is 3.93. The molecule has 0 bridgehead atoms. The summed E-state index contributed by atoms with van der Waals surface area (Å²) in [7, 11) is 0. The largest absolute Gasteiger partial charge is 0.478 e. The molecular formula is C16H18N2O4. The zero-order chi connectivity index (χ0) is 15.5. The number of benzene rings is 1. The van der Waals surface area contributed by atoms with Crippen LogP contribution in [-0.2, 0) is 0 Å². The Bertz CT molecular complexity index is 648. The van der Waals surface area contributed by atoms with Crippen LogP contribution < -0.4 is 19.9 Å². The maximum absolute atomic E-state index is 10.2. The molecule has 0 radical (unpaired) electrons. The van der Waals surface area contributed by atoms with Crippen molar-refractivity contribution in [1.29, 1.82) is 5.26 Å². The highest BCUT2D eigenvalue weighted by molar-refractivity contribution is 5.81. The van der Waals surface area contributed by atoms with Crippen molar-refractivity contribution >= 4 is 5.57 Å². The molecule has 0 saturated heterocycles. The van der Waals surface area contributed by atoms with Crippen LogP contribution in [0.15, 0.2) is 17.7 Å². The number of nitriles is 1. The highest BCUT2D eigenvalue weighted by atomic mass is 16.6. The molecule has 0 spiro atoms. The van der Waals surface area contributed by atoms with E-state index in [4.69, 9.17) is 25.2 Å². The lowest BCUT2D eigenvalue weighted by Crippen LogP contribution is -2.26. The molecule has 6 heteroatoms. The maximum atomic E-state index is 10.2. The molecule has 0 saturated carbocycles. The predicted molar refractivity (Wildman–Crippen MR) is 79.3 cm³/mol. The van der Waals surface area contributed by atoms with Crippen molar-refractivity contribution < 1.29 is 19.3 Å². The smallest absolute Gasteiger partial charge is 0.220 e. The van der Waals surface area contributed by atoms with E-state index in [-0.39, 0.29) is 13.3 Å². The van der Waals surface area contributed by atoms with Crippen LogP contribution in [0, 0.1) is 11.3 Å². The van der Waals surface area contributed by atoms with Crippen LogP contribution in [0.5, 0.6) is 17.2 Å². The van der Waals surface area contributed by atoms with Crippen LogP contribution in [0.4, 0.5) is 0 Å². The lowest BCUT2D eigenvalue weighted by atomic mass is 9.84. The first kappa shape index (κ1) is 14.7. The van der Waals surface area contributed by atoms with Crippen molar-refractivity contribution in [1.82, 2.24) is 0 Å². The Morgan fingerprint density at radius 1 is 1.32 bits per heavy atom. The van der Waals surface area contributed by atoms with E-state index in [1.54, 1.807) is 12.1 Å². The molecule has 116 valence electrons. The molecule has 22 heavy (non-hydrogen) atoms. The van der Waals surface area contributed by atoms with Crippen LogP contribution >= 0.6 is 0 Å². The molecule has 1 atom stereocenters. The molecular weight excluding hydrogens is 284 g/mol. The van der Waals surface area contributed by atoms with Crippen molar-refractivity contribution in [2.45, 2.75) is 32.0 Å². The van der Waals surface area contributed by atoms with Gasteiger partial charge >= 0.3 is 0 Å². The molecule has 1 heterocycles. The Morgan fingerprint density at radius 2 is 2.14 bits per heavy atom. The van der Waals surface area contributed by atoms with Gasteiger partial charge in [0.15, 0.2) is 6.61 Å². The van der Waals surface area contributed by atoms with E-state index in [1.165, 1.54) is 0 Å². The third-order valence-corrected chi connectivity index (χ3v) is 3.93. The second kappa shape index (κ2) is 6.26. The van der Waals surface area contributed by atoms with Gasteiger partial charge < -0.3 is 19.3 Å². The number of nitrogens with two attached hydrogens (primary N) is 1. The summed E-state index contributed by atoms with van der Waals surface area (Å²) in [6, 6.07) is 5.37. The molecule has 1 aromatic carbocycles. The Morgan fingerprint density at radius 3 is 2.91 bits per heavy atom. The Kier molecular flexibility index (Phi) is 4.18. The zero-order valence-electron chi connectivity index (χ0n) is 12.2. The highest BCUT2D eigenvalue weighted by Gasteiger charge is 2.32. The van der Waals surface area contributed by atoms with E-state index in [0.29, 0.717) is 17.2 Å². The Balaban J connectivity index is 2.11. The summed E-state index contributed by atoms with van der Waals surface area (Å²) < 4.78 is 16.5. The number of hydrogen-bond donors (Lipinski definition) is 2. The van der Waals surface area contributed by atoms with Crippen LogP contribution in [-0.4, -0.2) is 24.7 Å². The van der Waals surface area contributed by atoms with Crippen molar-refractivity contribution in [3.05, 3.63) is 23.3 Å². The number of allylic oxidation sites excluding steroid dienone is 1. The number of nitrogens with zero attached hydrogens (tertiary/aromatic N) is 1. The van der Waals surface area contributed by atoms with Crippen LogP contribution in [0.2, 0.25) is 0 Å². The lowest BCUT2D eigenvalue weighted by Gasteiger charge is -2.32. The van der Waals surface area contributed by atoms with Gasteiger partial charge in [0.1, 0.15) is 30.0 Å². The summed E-state index contributed by atoms with van der Waals surface area (Å²) in [6.45, 7) is -0.0450. The normalized spacial score (nSPS) is 19.6. The van der Waals surface area contributed by atoms with E-state index in [9.17, 15) is 5.11 Å². The van der Waals surface area contributed by atoms with Crippen molar-refractivity contribution in [3.63, 3.8) is 0 Å². The summed E-state index contributed by atoms with van der Waals surface area (Å²) in [5.74, 6) is 1.53. The number of hydrogen-bond acceptors (Lipinski definition) is 6. The van der Waals surface area contributed by atoms with Crippen molar-refractivity contribution in [2.24, 2.45) is 5.73 Å². The monoisotopic (exact) mass is 302 g/mol. The first-order valence-electron chi connectivity index (χ1n) is 7.32. The Labute approximate surface area is 128 Å². The van der Waals surface area contributed by atoms with E-state index < -0.39 is 6.29 Å². The molecule has 6 nitrogen and oxygen atoms in total. The maximum Gasteiger partial charge on any atom is 0.220 e. The molecule has 2 aliphatic rings. The SMILES string of the molecule is N#CCOc1cc(OCN)cc2c1C1=C(CCCC1)C(O)O2. The van der Waals surface area contributed by atoms with E-state index in [2.05, 4.69) is 0 Å². The number of aliphatic hydroxyl groups is 1. The molecule has 0 fully saturated rings. The van der Waals surface area contributed by atoms with Gasteiger partial charge in [-0.2, -0.15) is 5.26 Å². The summed E-state index contributed by atoms with van der Waals surface area (Å²) in [6.07, 6.45) is 2.85. The third kappa shape index (κ3) is 2.61. The first-order valence-corrected chi connectivity index (χ1v) is 7.32. The highest BCUT2D eigenvalue weighted by Crippen LogP contribution is 2.48. The second-order valence-corrected chi connectivity index (χ2v) is 5.23. The van der Waals surface area contributed by atoms with Gasteiger partial charge in [-0.1, -0.05) is 0 Å². The molecule has 3 N–H and O–H groups in total. The van der Waals surface area contributed by atoms with Gasteiger partial charge in [0.05, 0.1) is 5.56 Å². The Hall–Kier alpha value is -2.23. The van der Waals surface area contributed by atoms with Gasteiger partial charge in [-0.15, -0.1) is 0 Å². The van der Waals surface area contributed by atoms with Crippen molar-refractivity contribution in [3.8, 4) is 23.3 Å². The van der Waals surface area contributed by atoms with E-state index in [1.807, 2.05) is 6.07 Å². The molecule has 1 aliphatic carbocycles. The van der Waals surface area contributed by atoms with E-state index >= 15 is 0 Å². The van der Waals surface area contributed by atoms with Gasteiger partial charge in [-0.05, 0) is 31.3 Å². The molecule has 1 unspecified atom stereocenters. The molecule has 3 rings (SSSR count). The van der Waals surface area contributed by atoms with Crippen LogP contribution in [0.1, 0.15) is 31.2 Å². The summed E-state index contributed by atoms with van der Waals surface area (Å²) in [5, 5.41) is 19.0. The number of aliphatic hydroxyl groups excluding tert-OH is 1. The number of ether oxygens (including phenoxy) is 3. The minimum absolute atomic E-state index is 0.0208. The lowest BCUT2D eigenvalue weighted by molar-refractivity contribution is 0.00792. The molecule has 1 aromatic rings. The fourth-order valence-corrected chi connectivity index (χ4v) is 3.04. The summed E-state index contributed by atoms with van der Waals surface area (Å²) in [4.78, 5) is 0.